The lowest BCUT2D eigenvalue weighted by molar-refractivity contribution is -0.145. The average Bonchev–Trinajstić information content (AvgIpc) is 3.02. The number of aliphatic hydroxyl groups excluding tert-OH is 2. The van der Waals surface area contributed by atoms with Crippen LogP contribution in [0.15, 0.2) is 24.3 Å². The molecule has 0 radical (unpaired) electrons. The Morgan fingerprint density at radius 2 is 1.00 bits per heavy atom. The number of hydrogen-bond acceptors (Lipinski definition) is 4. The minimum Gasteiger partial charge on any atom is -0.481 e. The Morgan fingerprint density at radius 3 is 1.44 bits per heavy atom. The van der Waals surface area contributed by atoms with E-state index < -0.39 is 24.0 Å². The Kier molecular flexibility index (Phi) is 32.5. The van der Waals surface area contributed by atoms with Gasteiger partial charge in [-0.1, -0.05) is 147 Å². The molecule has 0 amide bonds. The van der Waals surface area contributed by atoms with Gasteiger partial charge in [0.15, 0.2) is 0 Å². The third kappa shape index (κ3) is 30.7. The molecule has 3 unspecified atom stereocenters. The number of carboxylic acid groups (broad SMARTS) is 2. The van der Waals surface area contributed by atoms with Crippen LogP contribution < -0.4 is 0 Å². The second kappa shape index (κ2) is 33.7. The largest absolute Gasteiger partial charge is 0.481 e. The van der Waals surface area contributed by atoms with Crippen molar-refractivity contribution >= 4 is 11.9 Å². The number of carbonyl (C=O) groups is 2. The number of aliphatic hydroxyl groups is 2. The molecule has 6 heteroatoms. The van der Waals surface area contributed by atoms with Crippen molar-refractivity contribution in [2.24, 2.45) is 11.8 Å². The van der Waals surface area contributed by atoms with E-state index in [-0.39, 0.29) is 25.4 Å². The lowest BCUT2D eigenvalue weighted by Gasteiger charge is -2.25. The van der Waals surface area contributed by atoms with Crippen LogP contribution in [0.3, 0.4) is 0 Å². The van der Waals surface area contributed by atoms with Gasteiger partial charge >= 0.3 is 11.9 Å². The SMILES string of the molecule is CCCCCCCCCCCCCCCC(CCCCC/C=C\C/C=C\CCCCCCCC(=O)O)C(CC(O)CO)C(=O)O. The molecule has 3 atom stereocenters. The van der Waals surface area contributed by atoms with Crippen molar-refractivity contribution in [2.75, 3.05) is 6.61 Å². The summed E-state index contributed by atoms with van der Waals surface area (Å²) in [6, 6.07) is 0. The van der Waals surface area contributed by atoms with Gasteiger partial charge in [0.05, 0.1) is 18.6 Å². The molecule has 0 bridgehead atoms. The maximum Gasteiger partial charge on any atom is 0.306 e. The van der Waals surface area contributed by atoms with Crippen LogP contribution >= 0.6 is 0 Å². The summed E-state index contributed by atoms with van der Waals surface area (Å²) in [6.07, 6.45) is 38.5. The van der Waals surface area contributed by atoms with Gasteiger partial charge in [-0.05, 0) is 63.7 Å². The fourth-order valence-corrected chi connectivity index (χ4v) is 6.25. The summed E-state index contributed by atoms with van der Waals surface area (Å²) in [4.78, 5) is 22.6. The molecule has 0 aromatic heterocycles. The predicted molar refractivity (Wildman–Crippen MR) is 189 cm³/mol. The van der Waals surface area contributed by atoms with Crippen molar-refractivity contribution in [1.29, 1.82) is 0 Å². The normalized spacial score (nSPS) is 13.9. The van der Waals surface area contributed by atoms with Gasteiger partial charge in [-0.25, -0.2) is 0 Å². The van der Waals surface area contributed by atoms with Crippen LogP contribution in [0.5, 0.6) is 0 Å². The first kappa shape index (κ1) is 43.3. The van der Waals surface area contributed by atoms with Gasteiger partial charge in [-0.15, -0.1) is 0 Å². The van der Waals surface area contributed by atoms with Crippen LogP contribution in [0.25, 0.3) is 0 Å². The highest BCUT2D eigenvalue weighted by atomic mass is 16.4. The van der Waals surface area contributed by atoms with Gasteiger partial charge in [0.25, 0.3) is 0 Å². The van der Waals surface area contributed by atoms with E-state index in [2.05, 4.69) is 31.2 Å². The molecule has 0 aliphatic heterocycles. The molecule has 0 rings (SSSR count). The van der Waals surface area contributed by atoms with Crippen molar-refractivity contribution < 1.29 is 30.0 Å². The van der Waals surface area contributed by atoms with Gasteiger partial charge < -0.3 is 20.4 Å². The predicted octanol–water partition coefficient (Wildman–Crippen LogP) is 10.8. The van der Waals surface area contributed by atoms with E-state index in [0.29, 0.717) is 0 Å². The van der Waals surface area contributed by atoms with Crippen LogP contribution in [-0.2, 0) is 9.59 Å². The van der Waals surface area contributed by atoms with Gasteiger partial charge in [-0.3, -0.25) is 9.59 Å². The highest BCUT2D eigenvalue weighted by molar-refractivity contribution is 5.70. The summed E-state index contributed by atoms with van der Waals surface area (Å²) in [5.41, 5.74) is 0. The number of carboxylic acids is 2. The highest BCUT2D eigenvalue weighted by Gasteiger charge is 2.29. The monoisotopic (exact) mass is 637 g/mol. The molecule has 4 N–H and O–H groups in total. The summed E-state index contributed by atoms with van der Waals surface area (Å²) in [5.74, 6) is -2.07. The van der Waals surface area contributed by atoms with Crippen LogP contribution in [0.4, 0.5) is 0 Å². The second-order valence-corrected chi connectivity index (χ2v) is 13.3. The Morgan fingerprint density at radius 1 is 0.578 bits per heavy atom. The minimum absolute atomic E-state index is 0.0572. The molecule has 0 saturated heterocycles. The van der Waals surface area contributed by atoms with Crippen molar-refractivity contribution in [2.45, 2.75) is 193 Å². The van der Waals surface area contributed by atoms with Gasteiger partial charge in [0, 0.05) is 6.42 Å². The standard InChI is InChI=1S/C39H72O6/c1-2-3-4-5-6-7-8-12-15-18-21-24-27-30-35(37(39(44)45)33-36(41)34-40)31-28-25-22-19-16-13-10-9-11-14-17-20-23-26-29-32-38(42)43/h9,11,13,16,35-37,40-41H,2-8,10,12,14-15,17-34H2,1H3,(H,42,43)(H,44,45)/b11-9-,16-13-. The lowest BCUT2D eigenvalue weighted by Crippen LogP contribution is -2.29. The highest BCUT2D eigenvalue weighted by Crippen LogP contribution is 2.29. The summed E-state index contributed by atoms with van der Waals surface area (Å²) in [6.45, 7) is 1.88. The molecule has 0 aliphatic carbocycles. The van der Waals surface area contributed by atoms with Crippen LogP contribution in [-0.4, -0.2) is 45.1 Å². The summed E-state index contributed by atoms with van der Waals surface area (Å²) in [7, 11) is 0. The molecule has 0 aromatic carbocycles. The van der Waals surface area contributed by atoms with Gasteiger partial charge in [0.1, 0.15) is 0 Å². The maximum absolute atomic E-state index is 12.1. The quantitative estimate of drug-likeness (QED) is 0.0406. The van der Waals surface area contributed by atoms with E-state index in [4.69, 9.17) is 5.11 Å². The average molecular weight is 637 g/mol. The third-order valence-electron chi connectivity index (χ3n) is 9.11. The smallest absolute Gasteiger partial charge is 0.306 e. The Hall–Kier alpha value is -1.66. The van der Waals surface area contributed by atoms with E-state index in [1.165, 1.54) is 70.6 Å². The molecular formula is C39H72O6. The molecule has 0 saturated carbocycles. The first-order chi connectivity index (χ1) is 21.9. The molecule has 264 valence electrons. The Balaban J connectivity index is 4.15. The zero-order chi connectivity index (χ0) is 33.2. The fraction of sp³-hybridized carbons (Fsp3) is 0.846. The fourth-order valence-electron chi connectivity index (χ4n) is 6.25. The minimum atomic E-state index is -0.963. The first-order valence-corrected chi connectivity index (χ1v) is 19.0. The second-order valence-electron chi connectivity index (χ2n) is 13.3. The Bertz CT molecular complexity index is 718. The maximum atomic E-state index is 12.1. The number of rotatable bonds is 35. The molecule has 6 nitrogen and oxygen atoms in total. The summed E-state index contributed by atoms with van der Waals surface area (Å²) >= 11 is 0. The van der Waals surface area contributed by atoms with Gasteiger partial charge in [0.2, 0.25) is 0 Å². The molecule has 0 fully saturated rings. The first-order valence-electron chi connectivity index (χ1n) is 19.0. The van der Waals surface area contributed by atoms with E-state index in [1.807, 2.05) is 0 Å². The van der Waals surface area contributed by atoms with Crippen LogP contribution in [0.1, 0.15) is 187 Å². The zero-order valence-electron chi connectivity index (χ0n) is 29.2. The van der Waals surface area contributed by atoms with Crippen molar-refractivity contribution in [3.05, 3.63) is 24.3 Å². The topological polar surface area (TPSA) is 115 Å². The molecular weight excluding hydrogens is 564 g/mol. The van der Waals surface area contributed by atoms with E-state index in [0.717, 1.165) is 96.3 Å². The Labute approximate surface area is 277 Å². The summed E-state index contributed by atoms with van der Waals surface area (Å²) < 4.78 is 0. The lowest BCUT2D eigenvalue weighted by atomic mass is 9.80. The van der Waals surface area contributed by atoms with E-state index in [1.54, 1.807) is 0 Å². The number of aliphatic carboxylic acids is 2. The summed E-state index contributed by atoms with van der Waals surface area (Å²) in [5, 5.41) is 37.9. The zero-order valence-corrected chi connectivity index (χ0v) is 29.2. The molecule has 0 aliphatic rings. The molecule has 0 heterocycles. The molecule has 0 aromatic rings. The molecule has 45 heavy (non-hydrogen) atoms. The number of unbranched alkanes of at least 4 members (excludes halogenated alkanes) is 20. The van der Waals surface area contributed by atoms with Crippen molar-refractivity contribution in [1.82, 2.24) is 0 Å². The van der Waals surface area contributed by atoms with E-state index >= 15 is 0 Å². The van der Waals surface area contributed by atoms with Crippen LogP contribution in [0, 0.1) is 11.8 Å². The molecule has 0 spiro atoms. The van der Waals surface area contributed by atoms with E-state index in [9.17, 15) is 24.9 Å². The van der Waals surface area contributed by atoms with Crippen molar-refractivity contribution in [3.8, 4) is 0 Å². The third-order valence-corrected chi connectivity index (χ3v) is 9.11. The van der Waals surface area contributed by atoms with Crippen molar-refractivity contribution in [3.63, 3.8) is 0 Å². The van der Waals surface area contributed by atoms with Crippen LogP contribution in [0.2, 0.25) is 0 Å². The number of hydrogen-bond donors (Lipinski definition) is 4. The number of allylic oxidation sites excluding steroid dienone is 4. The van der Waals surface area contributed by atoms with Gasteiger partial charge in [-0.2, -0.15) is 0 Å².